The van der Waals surface area contributed by atoms with Crippen molar-refractivity contribution in [2.75, 3.05) is 11.1 Å². The van der Waals surface area contributed by atoms with E-state index in [0.29, 0.717) is 5.69 Å². The van der Waals surface area contributed by atoms with Gasteiger partial charge in [-0.05, 0) is 30.3 Å². The van der Waals surface area contributed by atoms with Gasteiger partial charge in [0.2, 0.25) is 0 Å². The van der Waals surface area contributed by atoms with Gasteiger partial charge in [-0.1, -0.05) is 0 Å². The summed E-state index contributed by atoms with van der Waals surface area (Å²) in [5, 5.41) is 2.66. The summed E-state index contributed by atoms with van der Waals surface area (Å²) in [5.41, 5.74) is 11.4. The Balaban J connectivity index is 2.36. The molecule has 19 heavy (non-hydrogen) atoms. The highest BCUT2D eigenvalue weighted by Crippen LogP contribution is 2.23. The maximum Gasteiger partial charge on any atom is 0.250 e. The first-order valence-electron chi connectivity index (χ1n) is 5.39. The van der Waals surface area contributed by atoms with Crippen LogP contribution in [0.2, 0.25) is 0 Å². The van der Waals surface area contributed by atoms with E-state index < -0.39 is 17.5 Å². The molecule has 0 aliphatic rings. The average molecular weight is 263 g/mol. The van der Waals surface area contributed by atoms with Crippen molar-refractivity contribution < 1.29 is 13.6 Å². The van der Waals surface area contributed by atoms with E-state index in [-0.39, 0.29) is 16.9 Å². The number of amides is 1. The summed E-state index contributed by atoms with van der Waals surface area (Å²) < 4.78 is 26.5. The minimum Gasteiger partial charge on any atom is -0.398 e. The molecule has 0 fully saturated rings. The maximum absolute atomic E-state index is 13.4. The Kier molecular flexibility index (Phi) is 3.33. The van der Waals surface area contributed by atoms with Crippen molar-refractivity contribution in [3.8, 4) is 0 Å². The van der Waals surface area contributed by atoms with Crippen LogP contribution < -0.4 is 16.8 Å². The van der Waals surface area contributed by atoms with Gasteiger partial charge in [-0.2, -0.15) is 0 Å². The topological polar surface area (TPSA) is 81.1 Å². The van der Waals surface area contributed by atoms with Crippen LogP contribution in [-0.2, 0) is 0 Å². The quantitative estimate of drug-likeness (QED) is 0.744. The Hall–Kier alpha value is -2.63. The SMILES string of the molecule is NC(=O)c1cc(Nc2cc(F)ccc2F)ccc1N. The number of carbonyl (C=O) groups is 1. The summed E-state index contributed by atoms with van der Waals surface area (Å²) in [6.45, 7) is 0. The van der Waals surface area contributed by atoms with Crippen LogP contribution in [0.15, 0.2) is 36.4 Å². The first-order valence-corrected chi connectivity index (χ1v) is 5.39. The van der Waals surface area contributed by atoms with Crippen molar-refractivity contribution >= 4 is 23.0 Å². The summed E-state index contributed by atoms with van der Waals surface area (Å²) in [4.78, 5) is 11.1. The summed E-state index contributed by atoms with van der Waals surface area (Å²) in [5.74, 6) is -1.88. The van der Waals surface area contributed by atoms with Gasteiger partial charge in [0.25, 0.3) is 5.91 Å². The van der Waals surface area contributed by atoms with Gasteiger partial charge in [0.15, 0.2) is 0 Å². The number of benzene rings is 2. The van der Waals surface area contributed by atoms with Crippen molar-refractivity contribution in [3.63, 3.8) is 0 Å². The summed E-state index contributed by atoms with van der Waals surface area (Å²) in [6, 6.07) is 7.39. The minimum atomic E-state index is -0.694. The lowest BCUT2D eigenvalue weighted by Gasteiger charge is -2.10. The molecule has 0 heterocycles. The molecule has 6 heteroatoms. The molecule has 5 N–H and O–H groups in total. The van der Waals surface area contributed by atoms with Crippen molar-refractivity contribution in [2.45, 2.75) is 0 Å². The first kappa shape index (κ1) is 12.8. The van der Waals surface area contributed by atoms with Crippen molar-refractivity contribution in [1.82, 2.24) is 0 Å². The first-order chi connectivity index (χ1) is 8.97. The van der Waals surface area contributed by atoms with Gasteiger partial charge in [0, 0.05) is 17.4 Å². The Bertz CT molecular complexity index is 644. The van der Waals surface area contributed by atoms with Crippen LogP contribution >= 0.6 is 0 Å². The zero-order chi connectivity index (χ0) is 14.0. The van der Waals surface area contributed by atoms with Gasteiger partial charge in [0.1, 0.15) is 11.6 Å². The monoisotopic (exact) mass is 263 g/mol. The van der Waals surface area contributed by atoms with Crippen LogP contribution in [0.25, 0.3) is 0 Å². The Morgan fingerprint density at radius 2 is 1.84 bits per heavy atom. The standard InChI is InChI=1S/C13H11F2N3O/c14-7-1-3-10(15)12(5-7)18-8-2-4-11(16)9(6-8)13(17)19/h1-6,18H,16H2,(H2,17,19). The molecular formula is C13H11F2N3O. The third-order valence-electron chi connectivity index (χ3n) is 2.53. The predicted octanol–water partition coefficient (Wildman–Crippen LogP) is 2.39. The van der Waals surface area contributed by atoms with E-state index in [2.05, 4.69) is 5.32 Å². The van der Waals surface area contributed by atoms with Crippen molar-refractivity contribution in [1.29, 1.82) is 0 Å². The number of anilines is 3. The Morgan fingerprint density at radius 3 is 2.53 bits per heavy atom. The smallest absolute Gasteiger partial charge is 0.250 e. The van der Waals surface area contributed by atoms with Crippen LogP contribution in [-0.4, -0.2) is 5.91 Å². The minimum absolute atomic E-state index is 0.0415. The lowest BCUT2D eigenvalue weighted by Crippen LogP contribution is -2.13. The second-order valence-electron chi connectivity index (χ2n) is 3.92. The number of primary amides is 1. The predicted molar refractivity (Wildman–Crippen MR) is 69.0 cm³/mol. The van der Waals surface area contributed by atoms with Gasteiger partial charge in [0.05, 0.1) is 11.3 Å². The summed E-state index contributed by atoms with van der Waals surface area (Å²) >= 11 is 0. The van der Waals surface area contributed by atoms with Crippen LogP contribution in [0.1, 0.15) is 10.4 Å². The third kappa shape index (κ3) is 2.79. The Labute approximate surface area is 108 Å². The number of rotatable bonds is 3. The molecule has 2 aromatic rings. The molecule has 0 saturated heterocycles. The summed E-state index contributed by atoms with van der Waals surface area (Å²) in [7, 11) is 0. The van der Waals surface area contributed by atoms with E-state index in [0.717, 1.165) is 18.2 Å². The van der Waals surface area contributed by atoms with Crippen molar-refractivity contribution in [2.24, 2.45) is 5.73 Å². The molecule has 4 nitrogen and oxygen atoms in total. The molecule has 2 rings (SSSR count). The molecule has 1 amide bonds. The van der Waals surface area contributed by atoms with Crippen LogP contribution in [0.5, 0.6) is 0 Å². The fourth-order valence-corrected chi connectivity index (χ4v) is 1.60. The maximum atomic E-state index is 13.4. The molecular weight excluding hydrogens is 252 g/mol. The molecule has 0 aromatic heterocycles. The normalized spacial score (nSPS) is 10.2. The molecule has 0 spiro atoms. The molecule has 0 aliphatic heterocycles. The van der Waals surface area contributed by atoms with E-state index in [1.54, 1.807) is 0 Å². The number of carbonyl (C=O) groups excluding carboxylic acids is 1. The van der Waals surface area contributed by atoms with Gasteiger partial charge in [-0.15, -0.1) is 0 Å². The fourth-order valence-electron chi connectivity index (χ4n) is 1.60. The second kappa shape index (κ2) is 4.93. The van der Waals surface area contributed by atoms with Gasteiger partial charge >= 0.3 is 0 Å². The van der Waals surface area contributed by atoms with E-state index in [9.17, 15) is 13.6 Å². The number of nitrogen functional groups attached to an aromatic ring is 1. The molecule has 0 saturated carbocycles. The number of nitrogens with two attached hydrogens (primary N) is 2. The molecule has 0 radical (unpaired) electrons. The van der Waals surface area contributed by atoms with Crippen LogP contribution in [0, 0.1) is 11.6 Å². The van der Waals surface area contributed by atoms with E-state index in [1.165, 1.54) is 18.2 Å². The summed E-state index contributed by atoms with van der Waals surface area (Å²) in [6.07, 6.45) is 0. The zero-order valence-corrected chi connectivity index (χ0v) is 9.78. The van der Waals surface area contributed by atoms with E-state index in [4.69, 9.17) is 11.5 Å². The molecule has 0 bridgehead atoms. The van der Waals surface area contributed by atoms with Gasteiger partial charge < -0.3 is 16.8 Å². The highest BCUT2D eigenvalue weighted by Gasteiger charge is 2.09. The van der Waals surface area contributed by atoms with E-state index in [1.807, 2.05) is 0 Å². The fraction of sp³-hybridized carbons (Fsp3) is 0. The molecule has 98 valence electrons. The molecule has 0 unspecified atom stereocenters. The number of hydrogen-bond acceptors (Lipinski definition) is 3. The number of hydrogen-bond donors (Lipinski definition) is 3. The highest BCUT2D eigenvalue weighted by atomic mass is 19.1. The van der Waals surface area contributed by atoms with Gasteiger partial charge in [-0.25, -0.2) is 8.78 Å². The highest BCUT2D eigenvalue weighted by molar-refractivity contribution is 5.99. The van der Waals surface area contributed by atoms with E-state index >= 15 is 0 Å². The second-order valence-corrected chi connectivity index (χ2v) is 3.92. The Morgan fingerprint density at radius 1 is 1.11 bits per heavy atom. The molecule has 0 aliphatic carbocycles. The lowest BCUT2D eigenvalue weighted by molar-refractivity contribution is 0.100. The zero-order valence-electron chi connectivity index (χ0n) is 9.78. The molecule has 0 atom stereocenters. The number of nitrogens with one attached hydrogen (secondary N) is 1. The van der Waals surface area contributed by atoms with Crippen LogP contribution in [0.4, 0.5) is 25.8 Å². The lowest BCUT2D eigenvalue weighted by atomic mass is 10.1. The van der Waals surface area contributed by atoms with Gasteiger partial charge in [-0.3, -0.25) is 4.79 Å². The third-order valence-corrected chi connectivity index (χ3v) is 2.53. The van der Waals surface area contributed by atoms with Crippen LogP contribution in [0.3, 0.4) is 0 Å². The number of halogens is 2. The van der Waals surface area contributed by atoms with Crippen molar-refractivity contribution in [3.05, 3.63) is 53.6 Å². The largest absolute Gasteiger partial charge is 0.398 e. The average Bonchev–Trinajstić information content (AvgIpc) is 2.36. The molecule has 2 aromatic carbocycles.